The lowest BCUT2D eigenvalue weighted by Crippen LogP contribution is -2.45. The Kier molecular flexibility index (Phi) is 4.74. The van der Waals surface area contributed by atoms with Crippen molar-refractivity contribution in [3.63, 3.8) is 0 Å². The molecule has 0 aromatic heterocycles. The van der Waals surface area contributed by atoms with E-state index in [1.807, 2.05) is 38.1 Å². The maximum atomic E-state index is 12.2. The van der Waals surface area contributed by atoms with E-state index in [1.165, 1.54) is 5.56 Å². The van der Waals surface area contributed by atoms with E-state index in [2.05, 4.69) is 16.0 Å². The summed E-state index contributed by atoms with van der Waals surface area (Å²) in [6, 6.07) is 7.62. The fourth-order valence-corrected chi connectivity index (χ4v) is 2.38. The molecule has 5 nitrogen and oxygen atoms in total. The van der Waals surface area contributed by atoms with Crippen LogP contribution in [0.15, 0.2) is 24.3 Å². The molecule has 108 valence electrons. The van der Waals surface area contributed by atoms with Gasteiger partial charge in [-0.15, -0.1) is 0 Å². The van der Waals surface area contributed by atoms with E-state index < -0.39 is 0 Å². The van der Waals surface area contributed by atoms with Gasteiger partial charge in [-0.25, -0.2) is 0 Å². The largest absolute Gasteiger partial charge is 0.352 e. The summed E-state index contributed by atoms with van der Waals surface area (Å²) in [5.74, 6) is -0.325. The molecular weight excluding hydrogens is 254 g/mol. The summed E-state index contributed by atoms with van der Waals surface area (Å²) in [6.45, 7) is 4.56. The van der Waals surface area contributed by atoms with Gasteiger partial charge in [-0.05, 0) is 31.4 Å². The van der Waals surface area contributed by atoms with Crippen molar-refractivity contribution in [1.82, 2.24) is 16.0 Å². The Morgan fingerprint density at radius 3 is 2.85 bits per heavy atom. The number of carbonyl (C=O) groups excluding carboxylic acids is 2. The van der Waals surface area contributed by atoms with Crippen LogP contribution in [0.2, 0.25) is 0 Å². The van der Waals surface area contributed by atoms with Crippen molar-refractivity contribution in [2.45, 2.75) is 32.4 Å². The van der Waals surface area contributed by atoms with Crippen LogP contribution < -0.4 is 16.0 Å². The van der Waals surface area contributed by atoms with Crippen LogP contribution >= 0.6 is 0 Å². The Balaban J connectivity index is 1.95. The Labute approximate surface area is 119 Å². The minimum Gasteiger partial charge on any atom is -0.352 e. The molecule has 1 unspecified atom stereocenters. The first kappa shape index (κ1) is 14.5. The first-order valence-electron chi connectivity index (χ1n) is 6.96. The summed E-state index contributed by atoms with van der Waals surface area (Å²) in [5.41, 5.74) is 2.19. The number of fused-ring (bicyclic) bond motifs is 1. The minimum absolute atomic E-state index is 0.0113. The molecular formula is C15H21N3O2. The lowest BCUT2D eigenvalue weighted by Gasteiger charge is -2.26. The summed E-state index contributed by atoms with van der Waals surface area (Å²) in [4.78, 5) is 23.7. The van der Waals surface area contributed by atoms with E-state index >= 15 is 0 Å². The van der Waals surface area contributed by atoms with Crippen molar-refractivity contribution in [3.05, 3.63) is 35.4 Å². The van der Waals surface area contributed by atoms with Crippen LogP contribution in [0.1, 0.15) is 31.0 Å². The van der Waals surface area contributed by atoms with E-state index in [9.17, 15) is 9.59 Å². The second-order valence-electron chi connectivity index (χ2n) is 5.28. The predicted octanol–water partition coefficient (Wildman–Crippen LogP) is 0.514. The normalized spacial score (nSPS) is 17.4. The highest BCUT2D eigenvalue weighted by Crippen LogP contribution is 2.22. The predicted molar refractivity (Wildman–Crippen MR) is 77.2 cm³/mol. The molecule has 20 heavy (non-hydrogen) atoms. The molecule has 0 fully saturated rings. The highest BCUT2D eigenvalue weighted by Gasteiger charge is 2.25. The summed E-state index contributed by atoms with van der Waals surface area (Å²) in [6.07, 6.45) is 0.924. The third-order valence-corrected chi connectivity index (χ3v) is 3.24. The standard InChI is InChI=1S/C15H21N3O2/c1-10(2)18-13(19)9-17-15(20)14-12-6-4-3-5-11(12)7-8-16-14/h3-6,10,14,16H,7-9H2,1-2H3,(H,17,20)(H,18,19). The van der Waals surface area contributed by atoms with E-state index in [-0.39, 0.29) is 30.4 Å². The molecule has 3 N–H and O–H groups in total. The number of rotatable bonds is 4. The van der Waals surface area contributed by atoms with Crippen LogP contribution in [-0.4, -0.2) is 30.9 Å². The number of benzene rings is 1. The first-order chi connectivity index (χ1) is 9.58. The Morgan fingerprint density at radius 1 is 1.35 bits per heavy atom. The SMILES string of the molecule is CC(C)NC(=O)CNC(=O)C1NCCc2ccccc21. The minimum atomic E-state index is -0.369. The lowest BCUT2D eigenvalue weighted by molar-refractivity contribution is -0.127. The molecule has 1 heterocycles. The summed E-state index contributed by atoms with van der Waals surface area (Å²) < 4.78 is 0. The maximum absolute atomic E-state index is 12.2. The lowest BCUT2D eigenvalue weighted by atomic mass is 9.94. The first-order valence-corrected chi connectivity index (χ1v) is 6.96. The number of nitrogens with one attached hydrogen (secondary N) is 3. The average Bonchev–Trinajstić information content (AvgIpc) is 2.43. The van der Waals surface area contributed by atoms with Gasteiger partial charge in [0.2, 0.25) is 11.8 Å². The topological polar surface area (TPSA) is 70.2 Å². The smallest absolute Gasteiger partial charge is 0.242 e. The van der Waals surface area contributed by atoms with Crippen LogP contribution in [-0.2, 0) is 16.0 Å². The van der Waals surface area contributed by atoms with Crippen molar-refractivity contribution in [2.75, 3.05) is 13.1 Å². The highest BCUT2D eigenvalue weighted by molar-refractivity contribution is 5.88. The molecule has 0 aliphatic carbocycles. The molecule has 1 aliphatic heterocycles. The van der Waals surface area contributed by atoms with Crippen molar-refractivity contribution < 1.29 is 9.59 Å². The van der Waals surface area contributed by atoms with E-state index in [0.717, 1.165) is 18.5 Å². The van der Waals surface area contributed by atoms with Crippen molar-refractivity contribution >= 4 is 11.8 Å². The van der Waals surface area contributed by atoms with Crippen LogP contribution in [0.3, 0.4) is 0 Å². The van der Waals surface area contributed by atoms with E-state index in [4.69, 9.17) is 0 Å². The summed E-state index contributed by atoms with van der Waals surface area (Å²) in [5, 5.41) is 8.63. The zero-order chi connectivity index (χ0) is 14.5. The zero-order valence-corrected chi connectivity index (χ0v) is 11.9. The van der Waals surface area contributed by atoms with Gasteiger partial charge >= 0.3 is 0 Å². The molecule has 1 atom stereocenters. The number of hydrogen-bond donors (Lipinski definition) is 3. The Bertz CT molecular complexity index is 500. The monoisotopic (exact) mass is 275 g/mol. The number of hydrogen-bond acceptors (Lipinski definition) is 3. The van der Waals surface area contributed by atoms with Crippen molar-refractivity contribution in [1.29, 1.82) is 0 Å². The number of amides is 2. The van der Waals surface area contributed by atoms with Gasteiger partial charge in [0.1, 0.15) is 6.04 Å². The maximum Gasteiger partial charge on any atom is 0.242 e. The molecule has 2 amide bonds. The average molecular weight is 275 g/mol. The Hall–Kier alpha value is -1.88. The Morgan fingerprint density at radius 2 is 2.10 bits per heavy atom. The van der Waals surface area contributed by atoms with Crippen molar-refractivity contribution in [2.24, 2.45) is 0 Å². The fourth-order valence-electron chi connectivity index (χ4n) is 2.38. The zero-order valence-electron chi connectivity index (χ0n) is 11.9. The molecule has 2 rings (SSSR count). The molecule has 0 bridgehead atoms. The van der Waals surface area contributed by atoms with Gasteiger partial charge in [0.15, 0.2) is 0 Å². The highest BCUT2D eigenvalue weighted by atomic mass is 16.2. The van der Waals surface area contributed by atoms with Gasteiger partial charge in [0, 0.05) is 12.6 Å². The third-order valence-electron chi connectivity index (χ3n) is 3.24. The van der Waals surface area contributed by atoms with Crippen LogP contribution in [0, 0.1) is 0 Å². The van der Waals surface area contributed by atoms with Gasteiger partial charge in [-0.2, -0.15) is 0 Å². The third kappa shape index (κ3) is 3.57. The second-order valence-corrected chi connectivity index (χ2v) is 5.28. The molecule has 0 radical (unpaired) electrons. The van der Waals surface area contributed by atoms with Gasteiger partial charge in [0.05, 0.1) is 6.54 Å². The summed E-state index contributed by atoms with van der Waals surface area (Å²) in [7, 11) is 0. The molecule has 0 saturated heterocycles. The summed E-state index contributed by atoms with van der Waals surface area (Å²) >= 11 is 0. The van der Waals surface area contributed by atoms with Gasteiger partial charge in [-0.1, -0.05) is 24.3 Å². The molecule has 5 heteroatoms. The van der Waals surface area contributed by atoms with E-state index in [0.29, 0.717) is 0 Å². The molecule has 1 aromatic rings. The molecule has 0 spiro atoms. The molecule has 1 aromatic carbocycles. The molecule has 0 saturated carbocycles. The van der Waals surface area contributed by atoms with Gasteiger partial charge < -0.3 is 16.0 Å². The second kappa shape index (κ2) is 6.52. The van der Waals surface area contributed by atoms with Crippen LogP contribution in [0.25, 0.3) is 0 Å². The van der Waals surface area contributed by atoms with Crippen LogP contribution in [0.4, 0.5) is 0 Å². The number of carbonyl (C=O) groups is 2. The van der Waals surface area contributed by atoms with Gasteiger partial charge in [-0.3, -0.25) is 9.59 Å². The van der Waals surface area contributed by atoms with Gasteiger partial charge in [0.25, 0.3) is 0 Å². The fraction of sp³-hybridized carbons (Fsp3) is 0.467. The van der Waals surface area contributed by atoms with Crippen LogP contribution in [0.5, 0.6) is 0 Å². The van der Waals surface area contributed by atoms with Crippen molar-refractivity contribution in [3.8, 4) is 0 Å². The molecule has 1 aliphatic rings. The quantitative estimate of drug-likeness (QED) is 0.750. The van der Waals surface area contributed by atoms with E-state index in [1.54, 1.807) is 0 Å².